The molecule has 1 aromatic carbocycles. The molecular weight excluding hydrogens is 246 g/mol. The summed E-state index contributed by atoms with van der Waals surface area (Å²) in [6.45, 7) is 1.43. The summed E-state index contributed by atoms with van der Waals surface area (Å²) >= 11 is 0. The van der Waals surface area contributed by atoms with Gasteiger partial charge in [-0.25, -0.2) is 13.6 Å². The highest BCUT2D eigenvalue weighted by Gasteiger charge is 2.27. The first kappa shape index (κ1) is 12.2. The molecule has 0 saturated heterocycles. The van der Waals surface area contributed by atoms with Crippen LogP contribution in [-0.4, -0.2) is 18.4 Å². The first-order chi connectivity index (χ1) is 8.56. The smallest absolute Gasteiger partial charge is 0.379 e. The third kappa shape index (κ3) is 1.85. The van der Waals surface area contributed by atoms with Crippen LogP contribution in [0.25, 0.3) is 11.0 Å². The Kier molecular flexibility index (Phi) is 3.10. The van der Waals surface area contributed by atoms with E-state index in [2.05, 4.69) is 4.74 Å². The Hall–Kier alpha value is -2.24. The molecule has 2 rings (SSSR count). The number of ether oxygens (including phenoxy) is 1. The van der Waals surface area contributed by atoms with E-state index >= 15 is 0 Å². The lowest BCUT2D eigenvalue weighted by atomic mass is 10.1. The predicted molar refractivity (Wildman–Crippen MR) is 57.1 cm³/mol. The average molecular weight is 254 g/mol. The van der Waals surface area contributed by atoms with Crippen LogP contribution in [0.15, 0.2) is 22.8 Å². The summed E-state index contributed by atoms with van der Waals surface area (Å²) in [5.41, 5.74) is -0.965. The monoisotopic (exact) mass is 254 g/mol. The van der Waals surface area contributed by atoms with E-state index in [9.17, 15) is 18.4 Å². The second kappa shape index (κ2) is 4.56. The van der Waals surface area contributed by atoms with Gasteiger partial charge in [-0.15, -0.1) is 0 Å². The van der Waals surface area contributed by atoms with Gasteiger partial charge in [-0.1, -0.05) is 0 Å². The van der Waals surface area contributed by atoms with Crippen molar-refractivity contribution < 1.29 is 27.5 Å². The second-order valence-electron chi connectivity index (χ2n) is 3.43. The topological polar surface area (TPSA) is 56.5 Å². The van der Waals surface area contributed by atoms with E-state index in [0.717, 1.165) is 12.3 Å². The minimum absolute atomic E-state index is 0.0367. The fraction of sp³-hybridized carbons (Fsp3) is 0.167. The Morgan fingerprint density at radius 3 is 2.78 bits per heavy atom. The molecule has 0 bridgehead atoms. The van der Waals surface area contributed by atoms with Crippen LogP contribution in [0.3, 0.4) is 0 Å². The molecule has 0 spiro atoms. The van der Waals surface area contributed by atoms with Crippen LogP contribution < -0.4 is 0 Å². The highest BCUT2D eigenvalue weighted by atomic mass is 19.1. The van der Waals surface area contributed by atoms with Crippen molar-refractivity contribution in [3.63, 3.8) is 0 Å². The van der Waals surface area contributed by atoms with E-state index in [-0.39, 0.29) is 17.6 Å². The molecular formula is C12H8F2O4. The molecule has 0 saturated carbocycles. The largest absolute Gasteiger partial charge is 0.464 e. The summed E-state index contributed by atoms with van der Waals surface area (Å²) in [6.07, 6.45) is 1.16. The number of benzene rings is 1. The van der Waals surface area contributed by atoms with Crippen LogP contribution in [0.4, 0.5) is 8.78 Å². The van der Waals surface area contributed by atoms with Crippen molar-refractivity contribution in [2.24, 2.45) is 0 Å². The fourth-order valence-corrected chi connectivity index (χ4v) is 1.55. The number of rotatable bonds is 3. The number of hydrogen-bond donors (Lipinski definition) is 0. The summed E-state index contributed by atoms with van der Waals surface area (Å²) in [4.78, 5) is 22.8. The van der Waals surface area contributed by atoms with Crippen molar-refractivity contribution in [3.05, 3.63) is 35.6 Å². The third-order valence-electron chi connectivity index (χ3n) is 2.34. The van der Waals surface area contributed by atoms with Gasteiger partial charge in [0.1, 0.15) is 22.8 Å². The zero-order chi connectivity index (χ0) is 13.3. The minimum Gasteiger partial charge on any atom is -0.464 e. The molecule has 0 aliphatic rings. The van der Waals surface area contributed by atoms with E-state index in [1.165, 1.54) is 13.0 Å². The summed E-state index contributed by atoms with van der Waals surface area (Å²) < 4.78 is 36.7. The predicted octanol–water partition coefficient (Wildman–Crippen LogP) is 2.46. The van der Waals surface area contributed by atoms with Gasteiger partial charge in [0.15, 0.2) is 0 Å². The quantitative estimate of drug-likeness (QED) is 0.479. The second-order valence-corrected chi connectivity index (χ2v) is 3.43. The maximum atomic E-state index is 13.9. The SMILES string of the molecule is CCOC(=O)C(=O)c1c(F)cc2occc2c1F. The van der Waals surface area contributed by atoms with Gasteiger partial charge < -0.3 is 9.15 Å². The van der Waals surface area contributed by atoms with Gasteiger partial charge in [0.05, 0.1) is 18.3 Å². The normalized spacial score (nSPS) is 10.6. The number of ketones is 1. The van der Waals surface area contributed by atoms with Gasteiger partial charge in [0, 0.05) is 6.07 Å². The molecule has 4 nitrogen and oxygen atoms in total. The van der Waals surface area contributed by atoms with Gasteiger partial charge in [0.25, 0.3) is 5.78 Å². The summed E-state index contributed by atoms with van der Waals surface area (Å²) in [7, 11) is 0. The number of Topliss-reactive ketones (excluding diaryl/α,β-unsaturated/α-hetero) is 1. The summed E-state index contributed by atoms with van der Waals surface area (Å²) in [6, 6.07) is 2.09. The number of hydrogen-bond acceptors (Lipinski definition) is 4. The lowest BCUT2D eigenvalue weighted by Crippen LogP contribution is -2.20. The molecule has 6 heteroatoms. The highest BCUT2D eigenvalue weighted by Crippen LogP contribution is 2.25. The van der Waals surface area contributed by atoms with Crippen molar-refractivity contribution in [3.8, 4) is 0 Å². The van der Waals surface area contributed by atoms with Crippen LogP contribution in [0.2, 0.25) is 0 Å². The number of halogens is 2. The van der Waals surface area contributed by atoms with Gasteiger partial charge in [-0.2, -0.15) is 0 Å². The third-order valence-corrected chi connectivity index (χ3v) is 2.34. The first-order valence-electron chi connectivity index (χ1n) is 5.13. The van der Waals surface area contributed by atoms with Gasteiger partial charge in [-0.3, -0.25) is 4.79 Å². The Balaban J connectivity index is 2.56. The molecule has 0 fully saturated rings. The Morgan fingerprint density at radius 2 is 2.11 bits per heavy atom. The number of esters is 1. The fourth-order valence-electron chi connectivity index (χ4n) is 1.55. The maximum absolute atomic E-state index is 13.9. The summed E-state index contributed by atoms with van der Waals surface area (Å²) in [5, 5.41) is -0.0657. The van der Waals surface area contributed by atoms with E-state index in [0.29, 0.717) is 0 Å². The van der Waals surface area contributed by atoms with Crippen molar-refractivity contribution in [2.75, 3.05) is 6.61 Å². The number of furan rings is 1. The van der Waals surface area contributed by atoms with Crippen LogP contribution in [0, 0.1) is 11.6 Å². The standard InChI is InChI=1S/C12H8F2O4/c1-2-17-12(16)11(15)9-7(13)5-8-6(10(9)14)3-4-18-8/h3-5H,2H2,1H3. The molecule has 94 valence electrons. The van der Waals surface area contributed by atoms with Crippen LogP contribution >= 0.6 is 0 Å². The van der Waals surface area contributed by atoms with E-state index in [1.807, 2.05) is 0 Å². The van der Waals surface area contributed by atoms with E-state index in [1.54, 1.807) is 0 Å². The number of carbonyl (C=O) groups excluding carboxylic acids is 2. The Labute approximate surface area is 100 Å². The van der Waals surface area contributed by atoms with Crippen LogP contribution in [-0.2, 0) is 9.53 Å². The minimum atomic E-state index is -1.35. The van der Waals surface area contributed by atoms with E-state index < -0.39 is 29.0 Å². The first-order valence-corrected chi connectivity index (χ1v) is 5.13. The molecule has 1 heterocycles. The van der Waals surface area contributed by atoms with Gasteiger partial charge in [0.2, 0.25) is 0 Å². The molecule has 0 aliphatic carbocycles. The molecule has 1 aromatic heterocycles. The van der Waals surface area contributed by atoms with Gasteiger partial charge in [-0.05, 0) is 13.0 Å². The van der Waals surface area contributed by atoms with Crippen molar-refractivity contribution in [1.29, 1.82) is 0 Å². The molecule has 0 unspecified atom stereocenters. The molecule has 0 aliphatic heterocycles. The number of carbonyl (C=O) groups is 2. The lowest BCUT2D eigenvalue weighted by molar-refractivity contribution is -0.137. The van der Waals surface area contributed by atoms with Crippen molar-refractivity contribution >= 4 is 22.7 Å². The Bertz CT molecular complexity index is 630. The Morgan fingerprint density at radius 1 is 1.39 bits per heavy atom. The molecule has 0 N–H and O–H groups in total. The maximum Gasteiger partial charge on any atom is 0.379 e. The molecule has 2 aromatic rings. The highest BCUT2D eigenvalue weighted by molar-refractivity contribution is 6.41. The van der Waals surface area contributed by atoms with Crippen molar-refractivity contribution in [1.82, 2.24) is 0 Å². The lowest BCUT2D eigenvalue weighted by Gasteiger charge is -2.04. The molecule has 0 atom stereocenters. The number of fused-ring (bicyclic) bond motifs is 1. The van der Waals surface area contributed by atoms with Crippen LogP contribution in [0.1, 0.15) is 17.3 Å². The zero-order valence-corrected chi connectivity index (χ0v) is 9.33. The molecule has 0 amide bonds. The summed E-state index contributed by atoms with van der Waals surface area (Å²) in [5.74, 6) is -4.93. The average Bonchev–Trinajstić information content (AvgIpc) is 2.77. The van der Waals surface area contributed by atoms with Crippen LogP contribution in [0.5, 0.6) is 0 Å². The van der Waals surface area contributed by atoms with Crippen molar-refractivity contribution in [2.45, 2.75) is 6.92 Å². The van der Waals surface area contributed by atoms with E-state index in [4.69, 9.17) is 4.42 Å². The molecule has 0 radical (unpaired) electrons. The molecule has 18 heavy (non-hydrogen) atoms. The van der Waals surface area contributed by atoms with Gasteiger partial charge >= 0.3 is 5.97 Å². The zero-order valence-electron chi connectivity index (χ0n) is 9.33.